The highest BCUT2D eigenvalue weighted by atomic mass is 79.9. The van der Waals surface area contributed by atoms with Gasteiger partial charge in [-0.1, -0.05) is 6.92 Å². The average molecular weight is 406 g/mol. The van der Waals surface area contributed by atoms with Crippen LogP contribution in [0.4, 0.5) is 0 Å². The minimum Gasteiger partial charge on any atom is -0.490 e. The molecule has 25 heavy (non-hydrogen) atoms. The minimum atomic E-state index is -0.323. The van der Waals surface area contributed by atoms with E-state index in [1.54, 1.807) is 24.5 Å². The lowest BCUT2D eigenvalue weighted by molar-refractivity contribution is 0.0955. The first-order chi connectivity index (χ1) is 12.2. The number of nitrogens with one attached hydrogen (secondary N) is 1. The van der Waals surface area contributed by atoms with Crippen molar-refractivity contribution >= 4 is 28.1 Å². The van der Waals surface area contributed by atoms with Crippen molar-refractivity contribution in [2.75, 3.05) is 13.2 Å². The van der Waals surface area contributed by atoms with E-state index in [-0.39, 0.29) is 5.91 Å². The van der Waals surface area contributed by atoms with Gasteiger partial charge in [0.05, 0.1) is 29.5 Å². The van der Waals surface area contributed by atoms with Gasteiger partial charge in [0.15, 0.2) is 11.5 Å². The molecule has 0 atom stereocenters. The van der Waals surface area contributed by atoms with Crippen molar-refractivity contribution in [1.82, 2.24) is 10.4 Å². The second kappa shape index (κ2) is 9.78. The van der Waals surface area contributed by atoms with Crippen LogP contribution in [0.1, 0.15) is 36.2 Å². The van der Waals surface area contributed by atoms with E-state index in [1.165, 1.54) is 6.20 Å². The van der Waals surface area contributed by atoms with Crippen LogP contribution in [0.5, 0.6) is 11.5 Å². The van der Waals surface area contributed by atoms with Gasteiger partial charge in [0.25, 0.3) is 5.91 Å². The predicted molar refractivity (Wildman–Crippen MR) is 100 cm³/mol. The summed E-state index contributed by atoms with van der Waals surface area (Å²) >= 11 is 3.49. The normalized spacial score (nSPS) is 10.7. The number of amides is 1. The molecule has 1 N–H and O–H groups in total. The van der Waals surface area contributed by atoms with E-state index < -0.39 is 0 Å². The van der Waals surface area contributed by atoms with Crippen LogP contribution in [0, 0.1) is 0 Å². The number of nitrogens with zero attached hydrogens (tertiary/aromatic N) is 2. The van der Waals surface area contributed by atoms with Gasteiger partial charge in [-0.15, -0.1) is 0 Å². The molecule has 0 saturated heterocycles. The minimum absolute atomic E-state index is 0.323. The second-order valence-electron chi connectivity index (χ2n) is 5.05. The van der Waals surface area contributed by atoms with Gasteiger partial charge in [-0.2, -0.15) is 5.10 Å². The molecular weight excluding hydrogens is 386 g/mol. The first-order valence-electron chi connectivity index (χ1n) is 7.98. The summed E-state index contributed by atoms with van der Waals surface area (Å²) in [5.74, 6) is 0.974. The summed E-state index contributed by atoms with van der Waals surface area (Å²) in [4.78, 5) is 15.8. The lowest BCUT2D eigenvalue weighted by atomic mass is 10.2. The summed E-state index contributed by atoms with van der Waals surface area (Å²) in [6, 6.07) is 7.03. The van der Waals surface area contributed by atoms with Crippen molar-refractivity contribution in [2.45, 2.75) is 20.3 Å². The molecule has 0 saturated carbocycles. The molecular formula is C18H20BrN3O3. The van der Waals surface area contributed by atoms with Crippen LogP contribution in [-0.2, 0) is 0 Å². The monoisotopic (exact) mass is 405 g/mol. The number of pyridine rings is 1. The molecule has 2 rings (SSSR count). The third-order valence-electron chi connectivity index (χ3n) is 3.09. The first kappa shape index (κ1) is 18.9. The summed E-state index contributed by atoms with van der Waals surface area (Å²) in [6.45, 7) is 5.08. The Bertz CT molecular complexity index is 736. The number of carbonyl (C=O) groups is 1. The zero-order chi connectivity index (χ0) is 18.1. The van der Waals surface area contributed by atoms with Gasteiger partial charge in [-0.3, -0.25) is 9.78 Å². The van der Waals surface area contributed by atoms with Crippen molar-refractivity contribution < 1.29 is 14.3 Å². The van der Waals surface area contributed by atoms with E-state index in [1.807, 2.05) is 26.0 Å². The number of halogens is 1. The molecule has 2 aromatic rings. The molecule has 132 valence electrons. The molecule has 1 aromatic heterocycles. The summed E-state index contributed by atoms with van der Waals surface area (Å²) in [5, 5.41) is 3.98. The van der Waals surface area contributed by atoms with Crippen molar-refractivity contribution in [1.29, 1.82) is 0 Å². The lowest BCUT2D eigenvalue weighted by Crippen LogP contribution is -2.17. The van der Waals surface area contributed by atoms with Crippen LogP contribution in [0.3, 0.4) is 0 Å². The number of rotatable bonds is 8. The molecule has 1 aromatic carbocycles. The number of hydrazone groups is 1. The number of carbonyl (C=O) groups excluding carboxylic acids is 1. The summed E-state index contributed by atoms with van der Waals surface area (Å²) in [5.41, 5.74) is 3.68. The Morgan fingerprint density at radius 2 is 2.20 bits per heavy atom. The third kappa shape index (κ3) is 5.56. The van der Waals surface area contributed by atoms with E-state index in [0.717, 1.165) is 16.5 Å². The topological polar surface area (TPSA) is 72.8 Å². The zero-order valence-corrected chi connectivity index (χ0v) is 15.7. The molecule has 1 amide bonds. The van der Waals surface area contributed by atoms with Crippen LogP contribution in [0.25, 0.3) is 0 Å². The largest absolute Gasteiger partial charge is 0.490 e. The fourth-order valence-corrected chi connectivity index (χ4v) is 2.57. The number of benzene rings is 1. The number of ether oxygens (including phenoxy) is 2. The molecule has 0 radical (unpaired) electrons. The maximum absolute atomic E-state index is 11.9. The van der Waals surface area contributed by atoms with Gasteiger partial charge in [0, 0.05) is 12.4 Å². The van der Waals surface area contributed by atoms with Crippen LogP contribution in [-0.4, -0.2) is 30.3 Å². The van der Waals surface area contributed by atoms with E-state index in [4.69, 9.17) is 9.47 Å². The third-order valence-corrected chi connectivity index (χ3v) is 3.67. The van der Waals surface area contributed by atoms with Crippen LogP contribution in [0.2, 0.25) is 0 Å². The zero-order valence-electron chi connectivity index (χ0n) is 14.2. The Balaban J connectivity index is 2.12. The lowest BCUT2D eigenvalue weighted by Gasteiger charge is -2.14. The molecule has 0 aliphatic heterocycles. The van der Waals surface area contributed by atoms with Gasteiger partial charge >= 0.3 is 0 Å². The molecule has 1 heterocycles. The van der Waals surface area contributed by atoms with Crippen LogP contribution < -0.4 is 14.9 Å². The van der Waals surface area contributed by atoms with E-state index >= 15 is 0 Å². The Hall–Kier alpha value is -2.41. The van der Waals surface area contributed by atoms with E-state index in [0.29, 0.717) is 30.3 Å². The first-order valence-corrected chi connectivity index (χ1v) is 8.77. The van der Waals surface area contributed by atoms with E-state index in [9.17, 15) is 4.79 Å². The highest BCUT2D eigenvalue weighted by molar-refractivity contribution is 9.10. The average Bonchev–Trinajstić information content (AvgIpc) is 2.62. The van der Waals surface area contributed by atoms with Gasteiger partial charge in [-0.05, 0) is 59.1 Å². The molecule has 7 heteroatoms. The smallest absolute Gasteiger partial charge is 0.272 e. The van der Waals surface area contributed by atoms with Crippen LogP contribution >= 0.6 is 15.9 Å². The molecule has 0 aliphatic carbocycles. The van der Waals surface area contributed by atoms with Crippen molar-refractivity contribution in [3.05, 3.63) is 52.3 Å². The Morgan fingerprint density at radius 1 is 1.36 bits per heavy atom. The van der Waals surface area contributed by atoms with E-state index in [2.05, 4.69) is 31.4 Å². The standard InChI is InChI=1S/C18H20BrN3O3/c1-3-8-25-17-15(19)9-13(10-16(17)24-4-2)11-21-22-18(23)14-6-5-7-20-12-14/h5-7,9-12H,3-4,8H2,1-2H3,(H,22,23)/b21-11-. The molecule has 0 bridgehead atoms. The van der Waals surface area contributed by atoms with Crippen molar-refractivity contribution in [3.8, 4) is 11.5 Å². The summed E-state index contributed by atoms with van der Waals surface area (Å²) in [7, 11) is 0. The van der Waals surface area contributed by atoms with Gasteiger partial charge < -0.3 is 9.47 Å². The summed E-state index contributed by atoms with van der Waals surface area (Å²) < 4.78 is 12.1. The highest BCUT2D eigenvalue weighted by Gasteiger charge is 2.11. The number of hydrogen-bond donors (Lipinski definition) is 1. The maximum atomic E-state index is 11.9. The van der Waals surface area contributed by atoms with Crippen LogP contribution in [0.15, 0.2) is 46.2 Å². The molecule has 0 aliphatic rings. The SMILES string of the molecule is CCCOc1c(Br)cc(/C=N\NC(=O)c2cccnc2)cc1OCC. The molecule has 6 nitrogen and oxygen atoms in total. The van der Waals surface area contributed by atoms with Crippen molar-refractivity contribution in [2.24, 2.45) is 5.10 Å². The fraction of sp³-hybridized carbons (Fsp3) is 0.278. The van der Waals surface area contributed by atoms with Crippen molar-refractivity contribution in [3.63, 3.8) is 0 Å². The molecule has 0 unspecified atom stereocenters. The van der Waals surface area contributed by atoms with Gasteiger partial charge in [0.2, 0.25) is 0 Å². The number of hydrogen-bond acceptors (Lipinski definition) is 5. The Morgan fingerprint density at radius 3 is 2.88 bits per heavy atom. The number of aromatic nitrogens is 1. The Kier molecular flexibility index (Phi) is 7.40. The maximum Gasteiger partial charge on any atom is 0.272 e. The van der Waals surface area contributed by atoms with Gasteiger partial charge in [-0.25, -0.2) is 5.43 Å². The summed E-state index contributed by atoms with van der Waals surface area (Å²) in [6.07, 6.45) is 5.54. The van der Waals surface area contributed by atoms with Gasteiger partial charge in [0.1, 0.15) is 0 Å². The highest BCUT2D eigenvalue weighted by Crippen LogP contribution is 2.36. The fourth-order valence-electron chi connectivity index (χ4n) is 2.00. The molecule has 0 fully saturated rings. The Labute approximate surface area is 155 Å². The molecule has 0 spiro atoms. The predicted octanol–water partition coefficient (Wildman–Crippen LogP) is 3.80. The second-order valence-corrected chi connectivity index (χ2v) is 5.91. The quantitative estimate of drug-likeness (QED) is 0.535.